The molecule has 0 amide bonds. The van der Waals surface area contributed by atoms with Gasteiger partial charge in [0.1, 0.15) is 5.75 Å². The van der Waals surface area contributed by atoms with Crippen LogP contribution in [0.1, 0.15) is 0 Å². The molecule has 2 aromatic rings. The van der Waals surface area contributed by atoms with Crippen molar-refractivity contribution in [1.29, 1.82) is 0 Å². The van der Waals surface area contributed by atoms with Gasteiger partial charge in [0.2, 0.25) is 0 Å². The molecule has 0 saturated heterocycles. The van der Waals surface area contributed by atoms with Gasteiger partial charge >= 0.3 is 0 Å². The average molecular weight is 310 g/mol. The maximum atomic E-state index is 5.71. The van der Waals surface area contributed by atoms with Crippen molar-refractivity contribution in [2.75, 3.05) is 12.8 Å². The third kappa shape index (κ3) is 3.17. The van der Waals surface area contributed by atoms with E-state index in [2.05, 4.69) is 22.0 Å². The first-order chi connectivity index (χ1) is 8.19. The molecule has 0 aliphatic heterocycles. The van der Waals surface area contributed by atoms with Crippen LogP contribution in [0.25, 0.3) is 0 Å². The molecule has 4 heteroatoms. The lowest BCUT2D eigenvalue weighted by molar-refractivity contribution is 0.413. The van der Waals surface area contributed by atoms with Crippen molar-refractivity contribution >= 4 is 33.4 Å². The van der Waals surface area contributed by atoms with E-state index < -0.39 is 0 Å². The fraction of sp³-hybridized carbons (Fsp3) is 0.0769. The molecular weight excluding hydrogens is 298 g/mol. The summed E-state index contributed by atoms with van der Waals surface area (Å²) in [7, 11) is 1.67. The van der Waals surface area contributed by atoms with E-state index in [0.717, 1.165) is 25.7 Å². The largest absolute Gasteiger partial charge is 0.497 e. The summed E-state index contributed by atoms with van der Waals surface area (Å²) >= 11 is 5.18. The number of nitrogen functional groups attached to an aromatic ring is 1. The molecule has 0 fully saturated rings. The Kier molecular flexibility index (Phi) is 3.97. The lowest BCUT2D eigenvalue weighted by Crippen LogP contribution is -1.85. The number of rotatable bonds is 3. The molecule has 0 spiro atoms. The van der Waals surface area contributed by atoms with Gasteiger partial charge < -0.3 is 10.5 Å². The molecule has 0 atom stereocenters. The molecule has 0 unspecified atom stereocenters. The van der Waals surface area contributed by atoms with E-state index in [0.29, 0.717) is 0 Å². The van der Waals surface area contributed by atoms with E-state index in [9.17, 15) is 0 Å². The van der Waals surface area contributed by atoms with Crippen molar-refractivity contribution in [3.05, 3.63) is 46.9 Å². The predicted octanol–water partition coefficient (Wildman–Crippen LogP) is 4.19. The van der Waals surface area contributed by atoms with Crippen molar-refractivity contribution in [1.82, 2.24) is 0 Å². The Morgan fingerprint density at radius 1 is 1.18 bits per heavy atom. The van der Waals surface area contributed by atoms with Gasteiger partial charge in [-0.15, -0.1) is 0 Å². The molecule has 0 saturated carbocycles. The van der Waals surface area contributed by atoms with Gasteiger partial charge in [0.15, 0.2) is 0 Å². The Hall–Kier alpha value is -1.13. The predicted molar refractivity (Wildman–Crippen MR) is 75.7 cm³/mol. The second kappa shape index (κ2) is 5.47. The summed E-state index contributed by atoms with van der Waals surface area (Å²) in [4.78, 5) is 2.27. The smallest absolute Gasteiger partial charge is 0.119 e. The van der Waals surface area contributed by atoms with Gasteiger partial charge in [-0.2, -0.15) is 0 Å². The number of anilines is 1. The molecule has 88 valence electrons. The first-order valence-corrected chi connectivity index (χ1v) is 6.67. The molecule has 0 aromatic heterocycles. The van der Waals surface area contributed by atoms with E-state index in [1.807, 2.05) is 36.4 Å². The number of hydrogen-bond acceptors (Lipinski definition) is 3. The zero-order valence-electron chi connectivity index (χ0n) is 9.31. The third-order valence-corrected chi connectivity index (χ3v) is 4.21. The molecule has 17 heavy (non-hydrogen) atoms. The molecule has 0 aliphatic rings. The van der Waals surface area contributed by atoms with Gasteiger partial charge in [-0.3, -0.25) is 0 Å². The van der Waals surface area contributed by atoms with Gasteiger partial charge in [0, 0.05) is 20.0 Å². The van der Waals surface area contributed by atoms with E-state index in [-0.39, 0.29) is 0 Å². The number of nitrogens with two attached hydrogens (primary N) is 1. The number of benzene rings is 2. The molecule has 0 bridgehead atoms. The minimum atomic E-state index is 0.756. The summed E-state index contributed by atoms with van der Waals surface area (Å²) in [5.41, 5.74) is 6.46. The Labute approximate surface area is 113 Å². The first kappa shape index (κ1) is 12.3. The van der Waals surface area contributed by atoms with E-state index in [1.54, 1.807) is 18.9 Å². The number of ether oxygens (including phenoxy) is 1. The number of methoxy groups -OCH3 is 1. The Bertz CT molecular complexity index is 531. The second-order valence-electron chi connectivity index (χ2n) is 3.47. The lowest BCUT2D eigenvalue weighted by atomic mass is 10.3. The molecule has 2 aromatic carbocycles. The second-order valence-corrected chi connectivity index (χ2v) is 5.44. The van der Waals surface area contributed by atoms with Crippen molar-refractivity contribution in [3.8, 4) is 5.75 Å². The molecule has 0 radical (unpaired) electrons. The van der Waals surface area contributed by atoms with E-state index in [4.69, 9.17) is 10.5 Å². The number of hydrogen-bond donors (Lipinski definition) is 1. The van der Waals surface area contributed by atoms with Gasteiger partial charge in [0.05, 0.1) is 7.11 Å². The van der Waals surface area contributed by atoms with Crippen LogP contribution < -0.4 is 10.5 Å². The Balaban J connectivity index is 2.25. The minimum Gasteiger partial charge on any atom is -0.497 e. The zero-order valence-corrected chi connectivity index (χ0v) is 11.7. The minimum absolute atomic E-state index is 0.756. The average Bonchev–Trinajstić information content (AvgIpc) is 2.33. The molecule has 0 aliphatic carbocycles. The maximum absolute atomic E-state index is 5.71. The van der Waals surface area contributed by atoms with Crippen molar-refractivity contribution in [2.45, 2.75) is 9.79 Å². The van der Waals surface area contributed by atoms with Gasteiger partial charge in [-0.25, -0.2) is 0 Å². The topological polar surface area (TPSA) is 35.2 Å². The highest BCUT2D eigenvalue weighted by Crippen LogP contribution is 2.35. The normalized spacial score (nSPS) is 10.2. The SMILES string of the molecule is COc1cccc(Sc2ccc(N)cc2Br)c1. The summed E-state index contributed by atoms with van der Waals surface area (Å²) in [6.07, 6.45) is 0. The fourth-order valence-electron chi connectivity index (χ4n) is 1.39. The molecule has 2 N–H and O–H groups in total. The molecule has 2 rings (SSSR count). The quantitative estimate of drug-likeness (QED) is 0.863. The highest BCUT2D eigenvalue weighted by Gasteiger charge is 2.03. The van der Waals surface area contributed by atoms with Gasteiger partial charge in [-0.1, -0.05) is 17.8 Å². The third-order valence-electron chi connectivity index (χ3n) is 2.22. The van der Waals surface area contributed by atoms with Crippen LogP contribution in [-0.2, 0) is 0 Å². The van der Waals surface area contributed by atoms with Crippen LogP contribution in [0, 0.1) is 0 Å². The van der Waals surface area contributed by atoms with Crippen LogP contribution >= 0.6 is 27.7 Å². The summed E-state index contributed by atoms with van der Waals surface area (Å²) in [6, 6.07) is 13.8. The van der Waals surface area contributed by atoms with Gasteiger partial charge in [0.25, 0.3) is 0 Å². The molecule has 2 nitrogen and oxygen atoms in total. The van der Waals surface area contributed by atoms with Crippen LogP contribution in [0.3, 0.4) is 0 Å². The van der Waals surface area contributed by atoms with Gasteiger partial charge in [-0.05, 0) is 52.3 Å². The summed E-state index contributed by atoms with van der Waals surface area (Å²) < 4.78 is 6.20. The van der Waals surface area contributed by atoms with E-state index >= 15 is 0 Å². The summed E-state index contributed by atoms with van der Waals surface area (Å²) in [5.74, 6) is 0.863. The van der Waals surface area contributed by atoms with E-state index in [1.165, 1.54) is 0 Å². The van der Waals surface area contributed by atoms with Crippen molar-refractivity contribution < 1.29 is 4.74 Å². The standard InChI is InChI=1S/C13H12BrNOS/c1-16-10-3-2-4-11(8-10)17-13-6-5-9(15)7-12(13)14/h2-8H,15H2,1H3. The Morgan fingerprint density at radius 2 is 2.00 bits per heavy atom. The van der Waals surface area contributed by atoms with Crippen molar-refractivity contribution in [3.63, 3.8) is 0 Å². The molecule has 0 heterocycles. The van der Waals surface area contributed by atoms with Crippen LogP contribution in [0.4, 0.5) is 5.69 Å². The fourth-order valence-corrected chi connectivity index (χ4v) is 2.90. The molecular formula is C13H12BrNOS. The monoisotopic (exact) mass is 309 g/mol. The number of halogens is 1. The van der Waals surface area contributed by atoms with Crippen molar-refractivity contribution in [2.24, 2.45) is 0 Å². The summed E-state index contributed by atoms with van der Waals surface area (Å²) in [6.45, 7) is 0. The van der Waals surface area contributed by atoms with Crippen LogP contribution in [0.5, 0.6) is 5.75 Å². The zero-order chi connectivity index (χ0) is 12.3. The highest BCUT2D eigenvalue weighted by atomic mass is 79.9. The summed E-state index contributed by atoms with van der Waals surface area (Å²) in [5, 5.41) is 0. The lowest BCUT2D eigenvalue weighted by Gasteiger charge is -2.06. The highest BCUT2D eigenvalue weighted by molar-refractivity contribution is 9.10. The maximum Gasteiger partial charge on any atom is 0.119 e. The van der Waals surface area contributed by atoms with Crippen LogP contribution in [0.15, 0.2) is 56.7 Å². The first-order valence-electron chi connectivity index (χ1n) is 5.06. The van der Waals surface area contributed by atoms with Crippen LogP contribution in [-0.4, -0.2) is 7.11 Å². The van der Waals surface area contributed by atoms with Crippen LogP contribution in [0.2, 0.25) is 0 Å². The Morgan fingerprint density at radius 3 is 2.71 bits per heavy atom.